The standard InChI is InChI=1S/C6H12NP/c1-5-3-6(2)7(8)4-5/h3,5H,4,8H2,1-2H3/t5-/m0/s1. The summed E-state index contributed by atoms with van der Waals surface area (Å²) in [7, 11) is 2.70. The van der Waals surface area contributed by atoms with Crippen LogP contribution in [-0.2, 0) is 0 Å². The minimum atomic E-state index is 0.743. The summed E-state index contributed by atoms with van der Waals surface area (Å²) in [4.78, 5) is 0. The van der Waals surface area contributed by atoms with Gasteiger partial charge in [0.1, 0.15) is 0 Å². The van der Waals surface area contributed by atoms with Crippen LogP contribution in [0.4, 0.5) is 0 Å². The Morgan fingerprint density at radius 2 is 2.50 bits per heavy atom. The van der Waals surface area contributed by atoms with Crippen molar-refractivity contribution in [1.82, 2.24) is 4.67 Å². The molecule has 1 rings (SSSR count). The average Bonchev–Trinajstić information content (AvgIpc) is 1.85. The van der Waals surface area contributed by atoms with E-state index < -0.39 is 0 Å². The van der Waals surface area contributed by atoms with Crippen LogP contribution in [0, 0.1) is 5.92 Å². The first-order valence-corrected chi connectivity index (χ1v) is 3.42. The van der Waals surface area contributed by atoms with E-state index in [4.69, 9.17) is 0 Å². The molecule has 0 spiro atoms. The molecule has 0 aromatic heterocycles. The number of hydrogen-bond donors (Lipinski definition) is 0. The maximum Gasteiger partial charge on any atom is 0.0269 e. The van der Waals surface area contributed by atoms with E-state index in [0.717, 1.165) is 12.5 Å². The lowest BCUT2D eigenvalue weighted by atomic mass is 10.2. The zero-order valence-electron chi connectivity index (χ0n) is 5.39. The summed E-state index contributed by atoms with van der Waals surface area (Å²) >= 11 is 0. The Kier molecular flexibility index (Phi) is 1.57. The van der Waals surface area contributed by atoms with Crippen molar-refractivity contribution in [1.29, 1.82) is 0 Å². The maximum atomic E-state index is 2.70. The van der Waals surface area contributed by atoms with Gasteiger partial charge in [-0.15, -0.1) is 0 Å². The minimum absolute atomic E-state index is 0.743. The van der Waals surface area contributed by atoms with Gasteiger partial charge < -0.3 is 4.67 Å². The average molecular weight is 129 g/mol. The molecule has 0 fully saturated rings. The summed E-state index contributed by atoms with van der Waals surface area (Å²) < 4.78 is 2.20. The van der Waals surface area contributed by atoms with Crippen LogP contribution < -0.4 is 0 Å². The van der Waals surface area contributed by atoms with Crippen LogP contribution in [0.3, 0.4) is 0 Å². The molecule has 0 radical (unpaired) electrons. The Morgan fingerprint density at radius 3 is 2.62 bits per heavy atom. The first-order valence-electron chi connectivity index (χ1n) is 2.91. The van der Waals surface area contributed by atoms with E-state index >= 15 is 0 Å². The van der Waals surface area contributed by atoms with Crippen molar-refractivity contribution in [3.8, 4) is 0 Å². The van der Waals surface area contributed by atoms with E-state index in [1.165, 1.54) is 5.70 Å². The van der Waals surface area contributed by atoms with Crippen molar-refractivity contribution >= 4 is 9.39 Å². The van der Waals surface area contributed by atoms with E-state index in [2.05, 4.69) is 34.0 Å². The smallest absolute Gasteiger partial charge is 0.0269 e. The van der Waals surface area contributed by atoms with Crippen LogP contribution in [0.2, 0.25) is 0 Å². The number of rotatable bonds is 0. The van der Waals surface area contributed by atoms with Gasteiger partial charge in [0, 0.05) is 12.2 Å². The highest BCUT2D eigenvalue weighted by atomic mass is 31.0. The summed E-state index contributed by atoms with van der Waals surface area (Å²) in [5.41, 5.74) is 1.38. The van der Waals surface area contributed by atoms with Crippen molar-refractivity contribution in [2.24, 2.45) is 5.92 Å². The molecule has 2 atom stereocenters. The highest BCUT2D eigenvalue weighted by Gasteiger charge is 2.11. The molecule has 1 nitrogen and oxygen atoms in total. The molecule has 46 valence electrons. The Bertz CT molecular complexity index is 120. The summed E-state index contributed by atoms with van der Waals surface area (Å²) in [5, 5.41) is 0. The highest BCUT2D eigenvalue weighted by molar-refractivity contribution is 7.13. The molecular weight excluding hydrogens is 117 g/mol. The van der Waals surface area contributed by atoms with Gasteiger partial charge in [-0.05, 0) is 22.2 Å². The van der Waals surface area contributed by atoms with E-state index in [1.54, 1.807) is 0 Å². The molecule has 8 heavy (non-hydrogen) atoms. The maximum absolute atomic E-state index is 2.70. The lowest BCUT2D eigenvalue weighted by Crippen LogP contribution is -2.06. The van der Waals surface area contributed by atoms with Crippen molar-refractivity contribution in [3.63, 3.8) is 0 Å². The number of allylic oxidation sites excluding steroid dienone is 1. The van der Waals surface area contributed by atoms with Gasteiger partial charge in [0.05, 0.1) is 0 Å². The fraction of sp³-hybridized carbons (Fsp3) is 0.667. The van der Waals surface area contributed by atoms with Gasteiger partial charge in [-0.3, -0.25) is 0 Å². The quantitative estimate of drug-likeness (QED) is 0.449. The molecule has 1 unspecified atom stereocenters. The lowest BCUT2D eigenvalue weighted by molar-refractivity contribution is 0.559. The Hall–Kier alpha value is -0.0300. The molecule has 0 bridgehead atoms. The number of hydrogen-bond acceptors (Lipinski definition) is 1. The second-order valence-electron chi connectivity index (χ2n) is 2.44. The van der Waals surface area contributed by atoms with Gasteiger partial charge in [-0.1, -0.05) is 13.0 Å². The second kappa shape index (κ2) is 2.06. The van der Waals surface area contributed by atoms with Crippen LogP contribution in [0.5, 0.6) is 0 Å². The van der Waals surface area contributed by atoms with Crippen LogP contribution in [-0.4, -0.2) is 11.2 Å². The van der Waals surface area contributed by atoms with Crippen LogP contribution in [0.15, 0.2) is 11.8 Å². The van der Waals surface area contributed by atoms with E-state index in [9.17, 15) is 0 Å². The predicted octanol–water partition coefficient (Wildman–Crippen LogP) is 1.63. The van der Waals surface area contributed by atoms with Crippen molar-refractivity contribution in [2.45, 2.75) is 13.8 Å². The van der Waals surface area contributed by atoms with Crippen LogP contribution >= 0.6 is 9.39 Å². The Morgan fingerprint density at radius 1 is 1.88 bits per heavy atom. The predicted molar refractivity (Wildman–Crippen MR) is 39.3 cm³/mol. The summed E-state index contributed by atoms with van der Waals surface area (Å²) in [5.74, 6) is 0.743. The van der Waals surface area contributed by atoms with Crippen LogP contribution in [0.25, 0.3) is 0 Å². The molecule has 1 aliphatic rings. The summed E-state index contributed by atoms with van der Waals surface area (Å²) in [6.07, 6.45) is 2.28. The minimum Gasteiger partial charge on any atom is -0.359 e. The van der Waals surface area contributed by atoms with Crippen molar-refractivity contribution in [2.75, 3.05) is 6.54 Å². The van der Waals surface area contributed by atoms with Gasteiger partial charge in [-0.2, -0.15) is 0 Å². The first kappa shape index (κ1) is 6.10. The summed E-state index contributed by atoms with van der Waals surface area (Å²) in [6, 6.07) is 0. The molecule has 0 amide bonds. The van der Waals surface area contributed by atoms with Gasteiger partial charge in [0.25, 0.3) is 0 Å². The molecule has 0 aromatic rings. The van der Waals surface area contributed by atoms with Gasteiger partial charge in [0.2, 0.25) is 0 Å². The third-order valence-corrected chi connectivity index (χ3v) is 2.08. The van der Waals surface area contributed by atoms with Crippen molar-refractivity contribution < 1.29 is 0 Å². The molecule has 0 N–H and O–H groups in total. The monoisotopic (exact) mass is 129 g/mol. The fourth-order valence-corrected chi connectivity index (χ4v) is 1.43. The molecule has 0 saturated heterocycles. The largest absolute Gasteiger partial charge is 0.359 e. The fourth-order valence-electron chi connectivity index (χ4n) is 1.01. The van der Waals surface area contributed by atoms with Gasteiger partial charge in [0.15, 0.2) is 0 Å². The SMILES string of the molecule is CC1=C[C@H](C)CN1P. The van der Waals surface area contributed by atoms with Crippen LogP contribution in [0.1, 0.15) is 13.8 Å². The Balaban J connectivity index is 2.59. The van der Waals surface area contributed by atoms with Crippen molar-refractivity contribution in [3.05, 3.63) is 11.8 Å². The zero-order chi connectivity index (χ0) is 6.15. The van der Waals surface area contributed by atoms with Gasteiger partial charge in [-0.25, -0.2) is 0 Å². The van der Waals surface area contributed by atoms with E-state index in [0.29, 0.717) is 0 Å². The molecular formula is C6H12NP. The summed E-state index contributed by atoms with van der Waals surface area (Å²) in [6.45, 7) is 5.53. The molecule has 0 saturated carbocycles. The van der Waals surface area contributed by atoms with E-state index in [-0.39, 0.29) is 0 Å². The molecule has 2 heteroatoms. The second-order valence-corrected chi connectivity index (χ2v) is 3.06. The molecule has 0 aliphatic carbocycles. The lowest BCUT2D eigenvalue weighted by Gasteiger charge is -2.11. The molecule has 1 aliphatic heterocycles. The van der Waals surface area contributed by atoms with E-state index in [1.807, 2.05) is 0 Å². The third kappa shape index (κ3) is 1.03. The first-order chi connectivity index (χ1) is 3.70. The Labute approximate surface area is 53.0 Å². The molecule has 0 aromatic carbocycles. The number of nitrogens with zero attached hydrogens (tertiary/aromatic N) is 1. The van der Waals surface area contributed by atoms with Gasteiger partial charge >= 0.3 is 0 Å². The topological polar surface area (TPSA) is 3.24 Å². The molecule has 1 heterocycles. The zero-order valence-corrected chi connectivity index (χ0v) is 6.54. The normalized spacial score (nSPS) is 28.6. The third-order valence-electron chi connectivity index (χ3n) is 1.46. The highest BCUT2D eigenvalue weighted by Crippen LogP contribution is 2.21.